The van der Waals surface area contributed by atoms with Crippen LogP contribution in [0.25, 0.3) is 66.1 Å². The van der Waals surface area contributed by atoms with Crippen LogP contribution in [0.4, 0.5) is 11.4 Å². The van der Waals surface area contributed by atoms with Crippen LogP contribution >= 0.6 is 0 Å². The molecule has 5 nitrogen and oxygen atoms in total. The predicted molar refractivity (Wildman–Crippen MR) is 283 cm³/mol. The van der Waals surface area contributed by atoms with E-state index in [0.29, 0.717) is 5.84 Å². The maximum Gasteiger partial charge on any atom is 0.159 e. The maximum absolute atomic E-state index is 5.36. The van der Waals surface area contributed by atoms with Crippen molar-refractivity contribution >= 4 is 72.3 Å². The summed E-state index contributed by atoms with van der Waals surface area (Å²) in [5.41, 5.74) is 15.4. The van der Waals surface area contributed by atoms with Crippen LogP contribution in [0, 0.1) is 0 Å². The minimum absolute atomic E-state index is 0.174. The molecule has 1 aromatic heterocycles. The third-order valence-corrected chi connectivity index (χ3v) is 14.3. The molecule has 10 aromatic carbocycles. The van der Waals surface area contributed by atoms with Crippen LogP contribution in [0.1, 0.15) is 45.6 Å². The summed E-state index contributed by atoms with van der Waals surface area (Å²) >= 11 is 0. The van der Waals surface area contributed by atoms with Crippen molar-refractivity contribution in [1.29, 1.82) is 0 Å². The van der Waals surface area contributed by atoms with Crippen molar-refractivity contribution in [3.8, 4) is 16.8 Å². The van der Waals surface area contributed by atoms with Gasteiger partial charge in [0.25, 0.3) is 0 Å². The molecule has 0 saturated heterocycles. The molecule has 320 valence electrons. The van der Waals surface area contributed by atoms with Crippen molar-refractivity contribution in [3.63, 3.8) is 0 Å². The molecule has 2 atom stereocenters. The molecule has 2 aliphatic heterocycles. The Hall–Kier alpha value is -8.80. The molecule has 0 spiro atoms. The molecule has 3 aliphatic rings. The Balaban J connectivity index is 0.962. The summed E-state index contributed by atoms with van der Waals surface area (Å²) in [5, 5.41) is 12.4. The molecule has 0 saturated carbocycles. The van der Waals surface area contributed by atoms with Crippen LogP contribution in [0.5, 0.6) is 0 Å². The lowest BCUT2D eigenvalue weighted by Crippen LogP contribution is -2.33. The number of amidine groups is 2. The molecule has 0 fully saturated rings. The first-order valence-electron chi connectivity index (χ1n) is 23.5. The van der Waals surface area contributed by atoms with Gasteiger partial charge in [-0.05, 0) is 104 Å². The number of anilines is 2. The summed E-state index contributed by atoms with van der Waals surface area (Å²) in [6, 6.07) is 81.1. The average molecular weight is 870 g/mol. The van der Waals surface area contributed by atoms with Crippen LogP contribution in [0.15, 0.2) is 240 Å². The van der Waals surface area contributed by atoms with E-state index in [1.54, 1.807) is 0 Å². The lowest BCUT2D eigenvalue weighted by atomic mass is 9.84. The van der Waals surface area contributed by atoms with Crippen molar-refractivity contribution in [1.82, 2.24) is 9.88 Å². The summed E-state index contributed by atoms with van der Waals surface area (Å²) in [5.74, 6) is 1.66. The first-order valence-corrected chi connectivity index (χ1v) is 23.5. The monoisotopic (exact) mass is 869 g/mol. The number of nitrogens with one attached hydrogen (secondary N) is 1. The average Bonchev–Trinajstić information content (AvgIpc) is 3.92. The molecule has 1 N–H and O–H groups in total. The minimum atomic E-state index is -0.328. The molecular weight excluding hydrogens is 827 g/mol. The smallest absolute Gasteiger partial charge is 0.159 e. The van der Waals surface area contributed by atoms with Crippen molar-refractivity contribution in [3.05, 3.63) is 264 Å². The standard InChI is InChI=1S/C63H43N5/c1-3-15-40(16-4-1)42-27-29-45(30-28-42)62-64-61(44-19-5-2-6-20-44)65-63(66-62)48-35-47-22-10-11-23-50(47)57(37-48)68-55-26-14-13-25-52(55)53-38-54-59(39-58(53)68)67(49-33-31-41-17-7-8-21-46(41)36-49)56-34-32-43-18-9-12-24-51(43)60(54)56/h1-37,39,54,61H,38H2,(H,64,65,66). The maximum atomic E-state index is 5.36. The number of aromatic nitrogens is 1. The van der Waals surface area contributed by atoms with Gasteiger partial charge < -0.3 is 14.8 Å². The Morgan fingerprint density at radius 3 is 1.94 bits per heavy atom. The molecule has 3 heterocycles. The summed E-state index contributed by atoms with van der Waals surface area (Å²) < 4.78 is 2.52. The number of hydrogen-bond acceptors (Lipinski definition) is 4. The lowest BCUT2D eigenvalue weighted by molar-refractivity contribution is 0.674. The van der Waals surface area contributed by atoms with Gasteiger partial charge in [0.05, 0.1) is 22.6 Å². The van der Waals surface area contributed by atoms with Gasteiger partial charge in [-0.1, -0.05) is 188 Å². The van der Waals surface area contributed by atoms with Gasteiger partial charge in [-0.3, -0.25) is 0 Å². The zero-order valence-electron chi connectivity index (χ0n) is 37.1. The largest absolute Gasteiger partial charge is 0.344 e. The van der Waals surface area contributed by atoms with Crippen molar-refractivity contribution in [2.75, 3.05) is 4.90 Å². The van der Waals surface area contributed by atoms with E-state index in [-0.39, 0.29) is 12.1 Å². The number of hydrogen-bond donors (Lipinski definition) is 1. The second kappa shape index (κ2) is 15.4. The van der Waals surface area contributed by atoms with Crippen molar-refractivity contribution in [2.45, 2.75) is 18.5 Å². The summed E-state index contributed by atoms with van der Waals surface area (Å²) in [6.45, 7) is 0. The molecule has 5 heteroatoms. The van der Waals surface area contributed by atoms with Crippen LogP contribution in [0.3, 0.4) is 0 Å². The van der Waals surface area contributed by atoms with Crippen molar-refractivity contribution < 1.29 is 0 Å². The molecule has 2 unspecified atom stereocenters. The summed E-state index contributed by atoms with van der Waals surface area (Å²) in [4.78, 5) is 13.2. The fraction of sp³-hybridized carbons (Fsp3) is 0.0476. The second-order valence-corrected chi connectivity index (χ2v) is 18.2. The van der Waals surface area contributed by atoms with Crippen molar-refractivity contribution in [2.24, 2.45) is 9.98 Å². The van der Waals surface area contributed by atoms with Crippen LogP contribution in [0.2, 0.25) is 0 Å². The zero-order valence-corrected chi connectivity index (χ0v) is 37.1. The molecule has 0 bridgehead atoms. The summed E-state index contributed by atoms with van der Waals surface area (Å²) in [7, 11) is 0. The highest BCUT2D eigenvalue weighted by Gasteiger charge is 2.40. The van der Waals surface area contributed by atoms with E-state index in [1.807, 2.05) is 0 Å². The van der Waals surface area contributed by atoms with E-state index in [2.05, 4.69) is 245 Å². The van der Waals surface area contributed by atoms with E-state index in [4.69, 9.17) is 9.98 Å². The minimum Gasteiger partial charge on any atom is -0.344 e. The van der Waals surface area contributed by atoms with Crippen LogP contribution < -0.4 is 10.2 Å². The van der Waals surface area contributed by atoms with E-state index in [0.717, 1.165) is 45.6 Å². The van der Waals surface area contributed by atoms with Crippen LogP contribution in [-0.4, -0.2) is 16.2 Å². The highest BCUT2D eigenvalue weighted by atomic mass is 15.2. The molecular formula is C63H43N5. The van der Waals surface area contributed by atoms with Gasteiger partial charge in [0.15, 0.2) is 5.84 Å². The Kier molecular flexibility index (Phi) is 8.71. The fourth-order valence-corrected chi connectivity index (χ4v) is 11.1. The summed E-state index contributed by atoms with van der Waals surface area (Å²) in [6.07, 6.45) is 3.05. The fourth-order valence-electron chi connectivity index (χ4n) is 11.1. The first-order chi connectivity index (χ1) is 33.7. The third-order valence-electron chi connectivity index (χ3n) is 14.3. The predicted octanol–water partition coefficient (Wildman–Crippen LogP) is 15.1. The molecule has 11 aromatic rings. The Morgan fingerprint density at radius 2 is 1.12 bits per heavy atom. The van der Waals surface area contributed by atoms with Gasteiger partial charge >= 0.3 is 0 Å². The van der Waals surface area contributed by atoms with Gasteiger partial charge in [-0.2, -0.15) is 0 Å². The van der Waals surface area contributed by atoms with Gasteiger partial charge in [0, 0.05) is 39.2 Å². The number of rotatable bonds is 6. The quantitative estimate of drug-likeness (QED) is 0.181. The first kappa shape index (κ1) is 38.5. The highest BCUT2D eigenvalue weighted by Crippen LogP contribution is 2.55. The van der Waals surface area contributed by atoms with E-state index >= 15 is 0 Å². The zero-order chi connectivity index (χ0) is 44.7. The van der Waals surface area contributed by atoms with Gasteiger partial charge in [0.2, 0.25) is 0 Å². The molecule has 68 heavy (non-hydrogen) atoms. The number of para-hydroxylation sites is 1. The molecule has 14 rings (SSSR count). The topological polar surface area (TPSA) is 44.9 Å². The number of benzene rings is 10. The van der Waals surface area contributed by atoms with E-state index < -0.39 is 0 Å². The second-order valence-electron chi connectivity index (χ2n) is 18.2. The third kappa shape index (κ3) is 6.16. The Labute approximate surface area is 394 Å². The number of nitrogens with zero attached hydrogens (tertiary/aromatic N) is 4. The number of aliphatic imine (C=N–C) groups is 2. The van der Waals surface area contributed by atoms with Crippen LogP contribution in [-0.2, 0) is 6.42 Å². The van der Waals surface area contributed by atoms with Gasteiger partial charge in [-0.15, -0.1) is 0 Å². The molecule has 0 radical (unpaired) electrons. The van der Waals surface area contributed by atoms with E-state index in [9.17, 15) is 0 Å². The lowest BCUT2D eigenvalue weighted by Gasteiger charge is -2.28. The SMILES string of the molecule is C1=C2C(Cc3c1n(-c1cc(C4=NC(c5ccc(-c6ccccc6)cc5)=NC(c5ccccc5)N4)cc4ccccc14)c1ccccc31)c1c(ccc3ccccc13)N2c1ccc2ccccc2c1. The number of fused-ring (bicyclic) bond motifs is 10. The highest BCUT2D eigenvalue weighted by molar-refractivity contribution is 6.15. The normalized spacial score (nSPS) is 16.2. The molecule has 1 aliphatic carbocycles. The Bertz CT molecular complexity index is 3920. The Morgan fingerprint density at radius 1 is 0.471 bits per heavy atom. The van der Waals surface area contributed by atoms with Gasteiger partial charge in [0.1, 0.15) is 12.0 Å². The van der Waals surface area contributed by atoms with Gasteiger partial charge in [-0.25, -0.2) is 9.98 Å². The number of allylic oxidation sites excluding steroid dienone is 1. The molecule has 0 amide bonds. The van der Waals surface area contributed by atoms with E-state index in [1.165, 1.54) is 77.3 Å².